The SMILES string of the molecule is CCN1c2ncc(CCOc3ccc(-n4cc(C(=O)O)nn4)cc3)cc2C(=O)N(C)c2cccnc21. The summed E-state index contributed by atoms with van der Waals surface area (Å²) in [6, 6.07) is 12.6. The summed E-state index contributed by atoms with van der Waals surface area (Å²) in [7, 11) is 1.74. The second-order valence-corrected chi connectivity index (χ2v) is 8.12. The fraction of sp³-hybridized carbons (Fsp3) is 0.200. The monoisotopic (exact) mass is 485 g/mol. The Morgan fingerprint density at radius 1 is 1.11 bits per heavy atom. The highest BCUT2D eigenvalue weighted by molar-refractivity contribution is 6.12. The lowest BCUT2D eigenvalue weighted by Crippen LogP contribution is -2.25. The predicted octanol–water partition coefficient (Wildman–Crippen LogP) is 3.13. The van der Waals surface area contributed by atoms with Crippen molar-refractivity contribution in [1.82, 2.24) is 25.0 Å². The number of pyridine rings is 2. The average Bonchev–Trinajstić information content (AvgIpc) is 3.38. The molecule has 0 aliphatic carbocycles. The van der Waals surface area contributed by atoms with E-state index in [9.17, 15) is 9.59 Å². The molecule has 0 saturated carbocycles. The van der Waals surface area contributed by atoms with Gasteiger partial charge < -0.3 is 19.6 Å². The van der Waals surface area contributed by atoms with Crippen molar-refractivity contribution in [1.29, 1.82) is 0 Å². The molecule has 0 saturated heterocycles. The van der Waals surface area contributed by atoms with Crippen molar-refractivity contribution < 1.29 is 19.4 Å². The predicted molar refractivity (Wildman–Crippen MR) is 131 cm³/mol. The fourth-order valence-electron chi connectivity index (χ4n) is 4.03. The van der Waals surface area contributed by atoms with Crippen LogP contribution in [0.5, 0.6) is 5.75 Å². The van der Waals surface area contributed by atoms with Gasteiger partial charge in [0.15, 0.2) is 11.5 Å². The van der Waals surface area contributed by atoms with Crippen molar-refractivity contribution in [3.05, 3.63) is 77.9 Å². The molecule has 4 aromatic rings. The smallest absolute Gasteiger partial charge is 0.358 e. The standard InChI is InChI=1S/C25H23N7O4/c1-3-31-22-19(24(33)30(2)21-5-4-11-26-23(21)31)13-16(14-27-22)10-12-36-18-8-6-17(7-9-18)32-15-20(25(34)35)28-29-32/h4-9,11,13-15H,3,10,12H2,1-2H3,(H,34,35). The summed E-state index contributed by atoms with van der Waals surface area (Å²) in [5.74, 6) is 0.665. The number of aromatic nitrogens is 5. The van der Waals surface area contributed by atoms with Crippen LogP contribution in [0.25, 0.3) is 5.69 Å². The van der Waals surface area contributed by atoms with Crippen molar-refractivity contribution in [2.24, 2.45) is 0 Å². The van der Waals surface area contributed by atoms with Gasteiger partial charge in [-0.25, -0.2) is 19.4 Å². The largest absolute Gasteiger partial charge is 0.493 e. The van der Waals surface area contributed by atoms with Gasteiger partial charge in [0.05, 0.1) is 29.7 Å². The lowest BCUT2D eigenvalue weighted by Gasteiger charge is -2.22. The Labute approximate surface area is 206 Å². The lowest BCUT2D eigenvalue weighted by molar-refractivity contribution is 0.0690. The maximum atomic E-state index is 13.3. The zero-order valence-corrected chi connectivity index (χ0v) is 19.7. The number of hydrogen-bond donors (Lipinski definition) is 1. The molecule has 0 spiro atoms. The minimum Gasteiger partial charge on any atom is -0.493 e. The summed E-state index contributed by atoms with van der Waals surface area (Å²) in [5.41, 5.74) is 2.67. The quantitative estimate of drug-likeness (QED) is 0.420. The van der Waals surface area contributed by atoms with Crippen LogP contribution >= 0.6 is 0 Å². The van der Waals surface area contributed by atoms with Gasteiger partial charge in [0.25, 0.3) is 5.91 Å². The normalized spacial score (nSPS) is 12.7. The highest BCUT2D eigenvalue weighted by Gasteiger charge is 2.30. The number of fused-ring (bicyclic) bond motifs is 2. The number of benzene rings is 1. The summed E-state index contributed by atoms with van der Waals surface area (Å²) < 4.78 is 7.26. The first-order valence-corrected chi connectivity index (χ1v) is 11.3. The summed E-state index contributed by atoms with van der Waals surface area (Å²) in [6.07, 6.45) is 5.38. The van der Waals surface area contributed by atoms with Crippen LogP contribution in [0.4, 0.5) is 17.3 Å². The number of ether oxygens (including phenoxy) is 1. The van der Waals surface area contributed by atoms with E-state index in [2.05, 4.69) is 20.3 Å². The molecule has 11 heteroatoms. The Kier molecular flexibility index (Phi) is 6.03. The molecule has 0 fully saturated rings. The van der Waals surface area contributed by atoms with Gasteiger partial charge in [-0.1, -0.05) is 5.21 Å². The number of aromatic carboxylic acids is 1. The van der Waals surface area contributed by atoms with E-state index >= 15 is 0 Å². The van der Waals surface area contributed by atoms with E-state index < -0.39 is 5.97 Å². The number of rotatable bonds is 7. The van der Waals surface area contributed by atoms with E-state index in [1.54, 1.807) is 48.6 Å². The van der Waals surface area contributed by atoms with Crippen molar-refractivity contribution in [3.8, 4) is 11.4 Å². The summed E-state index contributed by atoms with van der Waals surface area (Å²) >= 11 is 0. The number of carboxylic acids is 1. The van der Waals surface area contributed by atoms with E-state index in [1.807, 2.05) is 30.0 Å². The molecule has 5 rings (SSSR count). The number of anilines is 3. The molecule has 1 N–H and O–H groups in total. The van der Waals surface area contributed by atoms with E-state index in [-0.39, 0.29) is 11.6 Å². The topological polar surface area (TPSA) is 127 Å². The molecule has 0 bridgehead atoms. The molecule has 1 aliphatic rings. The fourth-order valence-corrected chi connectivity index (χ4v) is 4.03. The highest BCUT2D eigenvalue weighted by Crippen LogP contribution is 2.37. The minimum atomic E-state index is -1.13. The Morgan fingerprint density at radius 3 is 2.64 bits per heavy atom. The first kappa shape index (κ1) is 23.0. The summed E-state index contributed by atoms with van der Waals surface area (Å²) in [6.45, 7) is 3.01. The third kappa shape index (κ3) is 4.22. The zero-order chi connectivity index (χ0) is 25.2. The molecular weight excluding hydrogens is 462 g/mol. The van der Waals surface area contributed by atoms with E-state index in [4.69, 9.17) is 9.84 Å². The van der Waals surface area contributed by atoms with Crippen LogP contribution in [0.3, 0.4) is 0 Å². The zero-order valence-electron chi connectivity index (χ0n) is 19.7. The van der Waals surface area contributed by atoms with Gasteiger partial charge in [0, 0.05) is 32.4 Å². The molecule has 4 heterocycles. The van der Waals surface area contributed by atoms with Gasteiger partial charge in [0.2, 0.25) is 0 Å². The third-order valence-corrected chi connectivity index (χ3v) is 5.89. The van der Waals surface area contributed by atoms with Crippen molar-refractivity contribution in [2.45, 2.75) is 13.3 Å². The molecule has 3 aromatic heterocycles. The lowest BCUT2D eigenvalue weighted by atomic mass is 10.1. The van der Waals surface area contributed by atoms with Crippen LogP contribution in [0.2, 0.25) is 0 Å². The molecule has 0 unspecified atom stereocenters. The van der Waals surface area contributed by atoms with Gasteiger partial charge >= 0.3 is 5.97 Å². The van der Waals surface area contributed by atoms with Gasteiger partial charge in [-0.2, -0.15) is 0 Å². The minimum absolute atomic E-state index is 0.128. The molecule has 36 heavy (non-hydrogen) atoms. The Hall–Kier alpha value is -4.80. The highest BCUT2D eigenvalue weighted by atomic mass is 16.5. The molecule has 1 aromatic carbocycles. The van der Waals surface area contributed by atoms with Crippen LogP contribution in [-0.2, 0) is 6.42 Å². The number of carbonyl (C=O) groups is 2. The summed E-state index contributed by atoms with van der Waals surface area (Å²) in [4.78, 5) is 36.9. The molecular formula is C25H23N7O4. The maximum absolute atomic E-state index is 13.3. The van der Waals surface area contributed by atoms with Crippen LogP contribution in [0, 0.1) is 0 Å². The number of carboxylic acid groups (broad SMARTS) is 1. The van der Waals surface area contributed by atoms with E-state index in [0.29, 0.717) is 48.2 Å². The van der Waals surface area contributed by atoms with Crippen molar-refractivity contribution in [2.75, 3.05) is 30.0 Å². The van der Waals surface area contributed by atoms with Crippen LogP contribution in [-0.4, -0.2) is 62.1 Å². The van der Waals surface area contributed by atoms with Crippen LogP contribution < -0.4 is 14.5 Å². The number of carbonyl (C=O) groups excluding carboxylic acids is 1. The van der Waals surface area contributed by atoms with Gasteiger partial charge in [-0.3, -0.25) is 4.79 Å². The first-order chi connectivity index (χ1) is 17.5. The van der Waals surface area contributed by atoms with E-state index in [1.165, 1.54) is 10.9 Å². The Balaban J connectivity index is 1.28. The van der Waals surface area contributed by atoms with Crippen molar-refractivity contribution in [3.63, 3.8) is 0 Å². The van der Waals surface area contributed by atoms with Crippen LogP contribution in [0.15, 0.2) is 61.1 Å². The number of hydrogen-bond acceptors (Lipinski definition) is 8. The Bertz CT molecular complexity index is 1430. The first-order valence-electron chi connectivity index (χ1n) is 11.3. The van der Waals surface area contributed by atoms with Gasteiger partial charge in [0.1, 0.15) is 11.6 Å². The molecule has 0 atom stereocenters. The molecule has 1 aliphatic heterocycles. The maximum Gasteiger partial charge on any atom is 0.358 e. The average molecular weight is 486 g/mol. The number of amides is 1. The summed E-state index contributed by atoms with van der Waals surface area (Å²) in [5, 5.41) is 16.4. The second-order valence-electron chi connectivity index (χ2n) is 8.12. The van der Waals surface area contributed by atoms with Crippen LogP contribution in [0.1, 0.15) is 33.3 Å². The van der Waals surface area contributed by atoms with Gasteiger partial charge in [-0.05, 0) is 55.0 Å². The van der Waals surface area contributed by atoms with Crippen molar-refractivity contribution >= 4 is 29.2 Å². The van der Waals surface area contributed by atoms with Gasteiger partial charge in [-0.15, -0.1) is 5.10 Å². The molecule has 1 amide bonds. The number of nitrogens with zero attached hydrogens (tertiary/aromatic N) is 7. The molecule has 182 valence electrons. The van der Waals surface area contributed by atoms with E-state index in [0.717, 1.165) is 11.3 Å². The third-order valence-electron chi connectivity index (χ3n) is 5.89. The second kappa shape index (κ2) is 9.45. The molecule has 0 radical (unpaired) electrons. The Morgan fingerprint density at radius 2 is 1.92 bits per heavy atom. The molecule has 11 nitrogen and oxygen atoms in total.